The summed E-state index contributed by atoms with van der Waals surface area (Å²) in [6, 6.07) is 9.40. The van der Waals surface area contributed by atoms with Crippen LogP contribution in [0.4, 0.5) is 0 Å². The lowest BCUT2D eigenvalue weighted by molar-refractivity contribution is -0.126. The van der Waals surface area contributed by atoms with Crippen LogP contribution in [0.15, 0.2) is 39.9 Å². The average molecular weight is 385 g/mol. The summed E-state index contributed by atoms with van der Waals surface area (Å²) in [7, 11) is 0. The molecule has 2 heterocycles. The highest BCUT2D eigenvalue weighted by Crippen LogP contribution is 2.27. The second-order valence-corrected chi connectivity index (χ2v) is 9.09. The zero-order valence-corrected chi connectivity index (χ0v) is 17.1. The summed E-state index contributed by atoms with van der Waals surface area (Å²) >= 11 is 1.40. The van der Waals surface area contributed by atoms with Gasteiger partial charge in [-0.3, -0.25) is 18.7 Å². The number of nitrogens with zero attached hydrogens (tertiary/aromatic N) is 2. The molecule has 0 aliphatic heterocycles. The third-order valence-corrected chi connectivity index (χ3v) is 6.08. The Kier molecular flexibility index (Phi) is 4.95. The van der Waals surface area contributed by atoms with Gasteiger partial charge in [-0.15, -0.1) is 11.3 Å². The zero-order valence-electron chi connectivity index (χ0n) is 16.3. The summed E-state index contributed by atoms with van der Waals surface area (Å²) in [6.45, 7) is 9.48. The van der Waals surface area contributed by atoms with Crippen LogP contribution < -0.4 is 11.2 Å². The predicted octanol–water partition coefficient (Wildman–Crippen LogP) is 3.51. The average Bonchev–Trinajstić information content (AvgIpc) is 2.90. The minimum Gasteiger partial charge on any atom is -0.297 e. The fourth-order valence-electron chi connectivity index (χ4n) is 2.93. The van der Waals surface area contributed by atoms with Crippen molar-refractivity contribution in [3.05, 3.63) is 67.2 Å². The first-order chi connectivity index (χ1) is 12.6. The van der Waals surface area contributed by atoms with Crippen LogP contribution in [0.25, 0.3) is 10.2 Å². The predicted molar refractivity (Wildman–Crippen MR) is 110 cm³/mol. The number of Topliss-reactive ketones (excluding diaryl/α,β-unsaturated/α-hetero) is 1. The van der Waals surface area contributed by atoms with Gasteiger partial charge in [0.1, 0.15) is 4.83 Å². The molecule has 6 heteroatoms. The Morgan fingerprint density at radius 1 is 1.04 bits per heavy atom. The number of hydrogen-bond acceptors (Lipinski definition) is 4. The minimum absolute atomic E-state index is 0.0344. The molecular formula is C21H24N2O3S. The van der Waals surface area contributed by atoms with Crippen molar-refractivity contribution in [3.63, 3.8) is 0 Å². The summed E-state index contributed by atoms with van der Waals surface area (Å²) in [6.07, 6.45) is 0. The van der Waals surface area contributed by atoms with Crippen molar-refractivity contribution in [1.29, 1.82) is 0 Å². The molecule has 0 radical (unpaired) electrons. The van der Waals surface area contributed by atoms with E-state index in [-0.39, 0.29) is 24.4 Å². The van der Waals surface area contributed by atoms with E-state index in [1.54, 1.807) is 0 Å². The molecule has 0 spiro atoms. The summed E-state index contributed by atoms with van der Waals surface area (Å²) in [5.74, 6) is -0.0421. The zero-order chi connectivity index (χ0) is 19.9. The van der Waals surface area contributed by atoms with Crippen LogP contribution in [0.5, 0.6) is 0 Å². The normalized spacial score (nSPS) is 11.9. The lowest BCUT2D eigenvalue weighted by Crippen LogP contribution is -2.42. The topological polar surface area (TPSA) is 61.1 Å². The largest absolute Gasteiger partial charge is 0.332 e. The van der Waals surface area contributed by atoms with E-state index in [0.717, 1.165) is 16.0 Å². The Morgan fingerprint density at radius 2 is 1.67 bits per heavy atom. The van der Waals surface area contributed by atoms with E-state index >= 15 is 0 Å². The molecule has 27 heavy (non-hydrogen) atoms. The van der Waals surface area contributed by atoms with E-state index in [9.17, 15) is 14.4 Å². The second kappa shape index (κ2) is 6.93. The van der Waals surface area contributed by atoms with Crippen LogP contribution in [0.1, 0.15) is 36.8 Å². The van der Waals surface area contributed by atoms with Crippen molar-refractivity contribution in [2.75, 3.05) is 0 Å². The van der Waals surface area contributed by atoms with Gasteiger partial charge in [0, 0.05) is 10.3 Å². The van der Waals surface area contributed by atoms with Crippen molar-refractivity contribution in [2.45, 2.75) is 47.7 Å². The Bertz CT molecular complexity index is 1130. The van der Waals surface area contributed by atoms with Gasteiger partial charge in [0.05, 0.1) is 18.5 Å². The summed E-state index contributed by atoms with van der Waals surface area (Å²) < 4.78 is 2.71. The number of benzene rings is 1. The van der Waals surface area contributed by atoms with E-state index in [1.165, 1.54) is 20.5 Å². The summed E-state index contributed by atoms with van der Waals surface area (Å²) in [5, 5.41) is 0.537. The van der Waals surface area contributed by atoms with Crippen molar-refractivity contribution in [3.8, 4) is 0 Å². The van der Waals surface area contributed by atoms with Crippen LogP contribution in [0.3, 0.4) is 0 Å². The molecule has 0 amide bonds. The number of thiophene rings is 1. The van der Waals surface area contributed by atoms with Crippen LogP contribution in [-0.4, -0.2) is 14.9 Å². The Labute approximate surface area is 161 Å². The Hall–Kier alpha value is -2.47. The highest BCUT2D eigenvalue weighted by molar-refractivity contribution is 7.18. The molecule has 3 aromatic rings. The molecule has 0 atom stereocenters. The number of rotatable bonds is 4. The molecule has 0 aliphatic carbocycles. The van der Waals surface area contributed by atoms with Gasteiger partial charge in [-0.1, -0.05) is 51.1 Å². The van der Waals surface area contributed by atoms with Crippen molar-refractivity contribution in [2.24, 2.45) is 5.41 Å². The van der Waals surface area contributed by atoms with E-state index in [2.05, 4.69) is 0 Å². The summed E-state index contributed by atoms with van der Waals surface area (Å²) in [4.78, 5) is 40.5. The fraction of sp³-hybridized carbons (Fsp3) is 0.381. The molecule has 0 bridgehead atoms. The number of aromatic nitrogens is 2. The molecule has 0 saturated carbocycles. The molecule has 0 aliphatic rings. The quantitative estimate of drug-likeness (QED) is 0.692. The SMILES string of the molecule is Cc1sc2c(c1C)c(=O)n(Cc1ccccc1)c(=O)n2CC(=O)C(C)(C)C. The van der Waals surface area contributed by atoms with Crippen LogP contribution >= 0.6 is 11.3 Å². The molecule has 0 N–H and O–H groups in total. The number of carbonyl (C=O) groups excluding carboxylic acids is 1. The van der Waals surface area contributed by atoms with Gasteiger partial charge < -0.3 is 0 Å². The van der Waals surface area contributed by atoms with E-state index in [0.29, 0.717) is 10.2 Å². The van der Waals surface area contributed by atoms with Crippen molar-refractivity contribution < 1.29 is 4.79 Å². The molecule has 0 fully saturated rings. The van der Waals surface area contributed by atoms with Crippen molar-refractivity contribution in [1.82, 2.24) is 9.13 Å². The first-order valence-corrected chi connectivity index (χ1v) is 9.73. The van der Waals surface area contributed by atoms with Gasteiger partial charge in [0.2, 0.25) is 0 Å². The lowest BCUT2D eigenvalue weighted by atomic mass is 9.91. The molecule has 0 saturated heterocycles. The Balaban J connectivity index is 2.27. The number of carbonyl (C=O) groups is 1. The van der Waals surface area contributed by atoms with Crippen LogP contribution in [0.2, 0.25) is 0 Å². The number of aryl methyl sites for hydroxylation is 2. The second-order valence-electron chi connectivity index (χ2n) is 7.88. The smallest absolute Gasteiger partial charge is 0.297 e. The van der Waals surface area contributed by atoms with Crippen molar-refractivity contribution >= 4 is 27.3 Å². The summed E-state index contributed by atoms with van der Waals surface area (Å²) in [5.41, 5.74) is 0.455. The molecule has 0 unspecified atom stereocenters. The molecule has 142 valence electrons. The minimum atomic E-state index is -0.562. The highest BCUT2D eigenvalue weighted by Gasteiger charge is 2.25. The molecule has 2 aromatic heterocycles. The number of hydrogen-bond donors (Lipinski definition) is 0. The third kappa shape index (κ3) is 3.54. The Morgan fingerprint density at radius 3 is 2.26 bits per heavy atom. The standard InChI is InChI=1S/C21H24N2O3S/c1-13-14(2)27-19-17(13)18(25)22(11-15-9-7-6-8-10-15)20(26)23(19)12-16(24)21(3,4)5/h6-10H,11-12H2,1-5H3. The highest BCUT2D eigenvalue weighted by atomic mass is 32.1. The molecular weight excluding hydrogens is 360 g/mol. The third-order valence-electron chi connectivity index (χ3n) is 4.85. The first kappa shape index (κ1) is 19.3. The number of ketones is 1. The molecule has 1 aromatic carbocycles. The van der Waals surface area contributed by atoms with Crippen LogP contribution in [-0.2, 0) is 17.9 Å². The van der Waals surface area contributed by atoms with E-state index < -0.39 is 11.1 Å². The number of fused-ring (bicyclic) bond motifs is 1. The van der Waals surface area contributed by atoms with Gasteiger partial charge in [0.25, 0.3) is 5.56 Å². The monoisotopic (exact) mass is 384 g/mol. The first-order valence-electron chi connectivity index (χ1n) is 8.92. The lowest BCUT2D eigenvalue weighted by Gasteiger charge is -2.18. The van der Waals surface area contributed by atoms with Gasteiger partial charge in [-0.2, -0.15) is 0 Å². The molecule has 5 nitrogen and oxygen atoms in total. The fourth-order valence-corrected chi connectivity index (χ4v) is 4.07. The van der Waals surface area contributed by atoms with Crippen LogP contribution in [0, 0.1) is 19.3 Å². The van der Waals surface area contributed by atoms with E-state index in [4.69, 9.17) is 0 Å². The molecule has 3 rings (SSSR count). The van der Waals surface area contributed by atoms with Gasteiger partial charge >= 0.3 is 5.69 Å². The van der Waals surface area contributed by atoms with Gasteiger partial charge in [-0.05, 0) is 25.0 Å². The maximum absolute atomic E-state index is 13.2. The van der Waals surface area contributed by atoms with E-state index in [1.807, 2.05) is 65.0 Å². The van der Waals surface area contributed by atoms with Gasteiger partial charge in [-0.25, -0.2) is 4.79 Å². The van der Waals surface area contributed by atoms with Gasteiger partial charge in [0.15, 0.2) is 5.78 Å². The maximum atomic E-state index is 13.2. The maximum Gasteiger partial charge on any atom is 0.332 e.